The molecule has 1 saturated carbocycles. The van der Waals surface area contributed by atoms with Crippen molar-refractivity contribution in [2.45, 2.75) is 24.8 Å². The van der Waals surface area contributed by atoms with Gasteiger partial charge >= 0.3 is 0 Å². The Morgan fingerprint density at radius 1 is 1.25 bits per heavy atom. The maximum absolute atomic E-state index is 12.5. The van der Waals surface area contributed by atoms with Crippen molar-refractivity contribution < 1.29 is 4.74 Å². The van der Waals surface area contributed by atoms with Gasteiger partial charge in [0.05, 0.1) is 18.7 Å². The molecule has 104 valence electrons. The molecule has 0 saturated heterocycles. The minimum atomic E-state index is 0.0194. The van der Waals surface area contributed by atoms with Crippen molar-refractivity contribution in [3.8, 4) is 17.0 Å². The van der Waals surface area contributed by atoms with Crippen LogP contribution in [0.2, 0.25) is 0 Å². The van der Waals surface area contributed by atoms with Gasteiger partial charge in [0.2, 0.25) is 0 Å². The maximum Gasteiger partial charge on any atom is 0.255 e. The Kier molecular flexibility index (Phi) is 3.53. The van der Waals surface area contributed by atoms with Crippen LogP contribution in [-0.2, 0) is 5.88 Å². The topological polar surface area (TPSA) is 31.2 Å². The van der Waals surface area contributed by atoms with Gasteiger partial charge in [-0.15, -0.1) is 11.6 Å². The molecule has 1 aliphatic carbocycles. The maximum atomic E-state index is 12.5. The first-order valence-corrected chi connectivity index (χ1v) is 7.23. The molecule has 1 aromatic heterocycles. The first-order valence-electron chi connectivity index (χ1n) is 6.70. The van der Waals surface area contributed by atoms with Crippen LogP contribution in [0.1, 0.15) is 24.4 Å². The summed E-state index contributed by atoms with van der Waals surface area (Å²) in [5.41, 5.74) is 2.52. The predicted molar refractivity (Wildman–Crippen MR) is 80.5 cm³/mol. The van der Waals surface area contributed by atoms with Gasteiger partial charge in [-0.1, -0.05) is 18.2 Å². The van der Waals surface area contributed by atoms with Gasteiger partial charge in [-0.05, 0) is 31.0 Å². The van der Waals surface area contributed by atoms with Crippen molar-refractivity contribution >= 4 is 11.6 Å². The molecular weight excluding hydrogens is 274 g/mol. The standard InChI is InChI=1S/C16H16ClNO2/c1-20-15-5-3-2-4-13(15)14-9-6-11(10-17)16(19)18(14)12-7-8-12/h2-6,9,12H,7-8,10H2,1H3. The molecule has 0 spiro atoms. The van der Waals surface area contributed by atoms with Crippen molar-refractivity contribution in [3.63, 3.8) is 0 Å². The largest absolute Gasteiger partial charge is 0.496 e. The highest BCUT2D eigenvalue weighted by Gasteiger charge is 2.28. The monoisotopic (exact) mass is 289 g/mol. The number of rotatable bonds is 4. The Morgan fingerprint density at radius 3 is 2.65 bits per heavy atom. The van der Waals surface area contributed by atoms with E-state index in [9.17, 15) is 4.79 Å². The van der Waals surface area contributed by atoms with E-state index in [0.29, 0.717) is 11.6 Å². The molecule has 1 aromatic carbocycles. The summed E-state index contributed by atoms with van der Waals surface area (Å²) in [5.74, 6) is 1.03. The quantitative estimate of drug-likeness (QED) is 0.805. The molecule has 0 radical (unpaired) electrons. The molecule has 20 heavy (non-hydrogen) atoms. The number of methoxy groups -OCH3 is 1. The minimum absolute atomic E-state index is 0.0194. The smallest absolute Gasteiger partial charge is 0.255 e. The van der Waals surface area contributed by atoms with Crippen LogP contribution in [0, 0.1) is 0 Å². The first kappa shape index (κ1) is 13.3. The number of nitrogens with zero attached hydrogens (tertiary/aromatic N) is 1. The van der Waals surface area contributed by atoms with Crippen molar-refractivity contribution in [2.75, 3.05) is 7.11 Å². The van der Waals surface area contributed by atoms with E-state index in [-0.39, 0.29) is 11.4 Å². The van der Waals surface area contributed by atoms with E-state index in [1.54, 1.807) is 7.11 Å². The molecule has 0 N–H and O–H groups in total. The average Bonchev–Trinajstić information content (AvgIpc) is 3.31. The van der Waals surface area contributed by atoms with Crippen molar-refractivity contribution in [1.29, 1.82) is 0 Å². The van der Waals surface area contributed by atoms with E-state index in [4.69, 9.17) is 16.3 Å². The Bertz CT molecular complexity index is 689. The summed E-state index contributed by atoms with van der Waals surface area (Å²) in [4.78, 5) is 12.5. The number of para-hydroxylation sites is 1. The number of halogens is 1. The third-order valence-electron chi connectivity index (χ3n) is 3.63. The molecule has 2 aromatic rings. The van der Waals surface area contributed by atoms with E-state index in [0.717, 1.165) is 29.8 Å². The Balaban J connectivity index is 2.23. The Labute approximate surface area is 122 Å². The number of ether oxygens (including phenoxy) is 1. The number of hydrogen-bond acceptors (Lipinski definition) is 2. The lowest BCUT2D eigenvalue weighted by atomic mass is 10.1. The summed E-state index contributed by atoms with van der Waals surface area (Å²) in [6.45, 7) is 0. The van der Waals surface area contributed by atoms with Crippen LogP contribution < -0.4 is 10.3 Å². The number of hydrogen-bond donors (Lipinski definition) is 0. The summed E-state index contributed by atoms with van der Waals surface area (Å²) in [5, 5.41) is 0. The predicted octanol–water partition coefficient (Wildman–Crippen LogP) is 3.60. The molecule has 4 heteroatoms. The third kappa shape index (κ3) is 2.22. The van der Waals surface area contributed by atoms with Crippen molar-refractivity contribution in [2.24, 2.45) is 0 Å². The minimum Gasteiger partial charge on any atom is -0.496 e. The van der Waals surface area contributed by atoms with E-state index in [1.807, 2.05) is 41.0 Å². The summed E-state index contributed by atoms with van der Waals surface area (Å²) in [7, 11) is 1.64. The summed E-state index contributed by atoms with van der Waals surface area (Å²) in [6.07, 6.45) is 2.10. The zero-order valence-corrected chi connectivity index (χ0v) is 12.1. The molecule has 0 unspecified atom stereocenters. The Hall–Kier alpha value is -1.74. The Morgan fingerprint density at radius 2 is 2.00 bits per heavy atom. The molecule has 0 aliphatic heterocycles. The molecule has 1 heterocycles. The second-order valence-electron chi connectivity index (χ2n) is 4.98. The van der Waals surface area contributed by atoms with Crippen LogP contribution in [-0.4, -0.2) is 11.7 Å². The zero-order chi connectivity index (χ0) is 14.1. The van der Waals surface area contributed by atoms with Gasteiger partial charge in [-0.3, -0.25) is 4.79 Å². The lowest BCUT2D eigenvalue weighted by Crippen LogP contribution is -2.23. The zero-order valence-electron chi connectivity index (χ0n) is 11.3. The van der Waals surface area contributed by atoms with E-state index < -0.39 is 0 Å². The second-order valence-corrected chi connectivity index (χ2v) is 5.25. The molecule has 3 nitrogen and oxygen atoms in total. The molecule has 0 bridgehead atoms. The lowest BCUT2D eigenvalue weighted by Gasteiger charge is -2.15. The van der Waals surface area contributed by atoms with Crippen LogP contribution >= 0.6 is 11.6 Å². The lowest BCUT2D eigenvalue weighted by molar-refractivity contribution is 0.416. The SMILES string of the molecule is COc1ccccc1-c1ccc(CCl)c(=O)n1C1CC1. The number of alkyl halides is 1. The van der Waals surface area contributed by atoms with E-state index in [1.165, 1.54) is 0 Å². The summed E-state index contributed by atoms with van der Waals surface area (Å²) >= 11 is 5.85. The van der Waals surface area contributed by atoms with Crippen LogP contribution in [0.25, 0.3) is 11.3 Å². The van der Waals surface area contributed by atoms with Gasteiger partial charge in [0.25, 0.3) is 5.56 Å². The highest BCUT2D eigenvalue weighted by molar-refractivity contribution is 6.17. The van der Waals surface area contributed by atoms with Gasteiger partial charge in [-0.25, -0.2) is 0 Å². The highest BCUT2D eigenvalue weighted by atomic mass is 35.5. The van der Waals surface area contributed by atoms with Gasteiger partial charge < -0.3 is 9.30 Å². The second kappa shape index (κ2) is 5.33. The molecule has 0 atom stereocenters. The number of aromatic nitrogens is 1. The normalized spacial score (nSPS) is 14.3. The fourth-order valence-corrected chi connectivity index (χ4v) is 2.67. The van der Waals surface area contributed by atoms with Crippen LogP contribution in [0.15, 0.2) is 41.2 Å². The van der Waals surface area contributed by atoms with Crippen molar-refractivity contribution in [3.05, 3.63) is 52.3 Å². The fraction of sp³-hybridized carbons (Fsp3) is 0.312. The summed E-state index contributed by atoms with van der Waals surface area (Å²) < 4.78 is 7.28. The number of benzene rings is 1. The van der Waals surface area contributed by atoms with E-state index in [2.05, 4.69) is 0 Å². The average molecular weight is 290 g/mol. The fourth-order valence-electron chi connectivity index (χ4n) is 2.47. The van der Waals surface area contributed by atoms with Crippen LogP contribution in [0.5, 0.6) is 5.75 Å². The van der Waals surface area contributed by atoms with Gasteiger partial charge in [0.1, 0.15) is 5.75 Å². The molecule has 0 amide bonds. The molecular formula is C16H16ClNO2. The molecule has 3 rings (SSSR count). The molecule has 1 fully saturated rings. The van der Waals surface area contributed by atoms with Gasteiger partial charge in [0.15, 0.2) is 0 Å². The van der Waals surface area contributed by atoms with Gasteiger partial charge in [0, 0.05) is 17.2 Å². The highest BCUT2D eigenvalue weighted by Crippen LogP contribution is 2.39. The summed E-state index contributed by atoms with van der Waals surface area (Å²) in [6, 6.07) is 11.8. The van der Waals surface area contributed by atoms with Gasteiger partial charge in [-0.2, -0.15) is 0 Å². The van der Waals surface area contributed by atoms with E-state index >= 15 is 0 Å². The van der Waals surface area contributed by atoms with Crippen LogP contribution in [0.3, 0.4) is 0 Å². The molecule has 1 aliphatic rings. The van der Waals surface area contributed by atoms with Crippen molar-refractivity contribution in [1.82, 2.24) is 4.57 Å². The first-order chi connectivity index (χ1) is 9.76. The third-order valence-corrected chi connectivity index (χ3v) is 3.92. The number of pyridine rings is 1. The van der Waals surface area contributed by atoms with Crippen LogP contribution in [0.4, 0.5) is 0 Å².